The van der Waals surface area contributed by atoms with E-state index in [4.69, 9.17) is 24.1 Å². The van der Waals surface area contributed by atoms with Crippen molar-refractivity contribution in [2.24, 2.45) is 5.92 Å². The van der Waals surface area contributed by atoms with Gasteiger partial charge in [0.1, 0.15) is 5.75 Å². The van der Waals surface area contributed by atoms with Gasteiger partial charge in [-0.25, -0.2) is 0 Å². The first kappa shape index (κ1) is 25.1. The molecule has 2 rings (SSSR count). The quantitative estimate of drug-likeness (QED) is 0.327. The van der Waals surface area contributed by atoms with Gasteiger partial charge in [0.25, 0.3) is 0 Å². The minimum absolute atomic E-state index is 0.00205. The second kappa shape index (κ2) is 14.8. The van der Waals surface area contributed by atoms with Gasteiger partial charge in [-0.15, -0.1) is 0 Å². The first-order valence-electron chi connectivity index (χ1n) is 10.8. The number of hydrogen-bond donors (Lipinski definition) is 1. The van der Waals surface area contributed by atoms with E-state index in [1.165, 1.54) is 0 Å². The van der Waals surface area contributed by atoms with E-state index < -0.39 is 0 Å². The molecule has 0 amide bonds. The number of methoxy groups -OCH3 is 2. The zero-order chi connectivity index (χ0) is 22.3. The lowest BCUT2D eigenvalue weighted by Gasteiger charge is -2.26. The normalized spacial score (nSPS) is 14.5. The van der Waals surface area contributed by atoms with Gasteiger partial charge < -0.3 is 24.1 Å². The Morgan fingerprint density at radius 1 is 0.935 bits per heavy atom. The maximum atomic E-state index is 9.06. The van der Waals surface area contributed by atoms with Crippen molar-refractivity contribution in [3.05, 3.63) is 77.9 Å². The van der Waals surface area contributed by atoms with Crippen molar-refractivity contribution >= 4 is 0 Å². The SMILES string of the molecule is COc1ccc(CO[C@@H](CCOCc2ccccc2)C[C@H](OC)[C@@H](C)/C=C/CO)cc1. The zero-order valence-electron chi connectivity index (χ0n) is 18.9. The highest BCUT2D eigenvalue weighted by Crippen LogP contribution is 2.20. The monoisotopic (exact) mass is 428 g/mol. The molecular formula is C26H36O5. The van der Waals surface area contributed by atoms with Crippen LogP contribution in [-0.4, -0.2) is 44.7 Å². The first-order valence-corrected chi connectivity index (χ1v) is 10.8. The lowest BCUT2D eigenvalue weighted by atomic mass is 9.97. The van der Waals surface area contributed by atoms with Gasteiger partial charge in [-0.3, -0.25) is 0 Å². The number of hydrogen-bond acceptors (Lipinski definition) is 5. The summed E-state index contributed by atoms with van der Waals surface area (Å²) in [6, 6.07) is 18.1. The highest BCUT2D eigenvalue weighted by molar-refractivity contribution is 5.26. The maximum Gasteiger partial charge on any atom is 0.118 e. The van der Waals surface area contributed by atoms with Crippen molar-refractivity contribution in [1.82, 2.24) is 0 Å². The first-order chi connectivity index (χ1) is 15.2. The molecule has 1 N–H and O–H groups in total. The number of ether oxygens (including phenoxy) is 4. The van der Waals surface area contributed by atoms with Gasteiger partial charge >= 0.3 is 0 Å². The summed E-state index contributed by atoms with van der Waals surface area (Å²) in [7, 11) is 3.38. The van der Waals surface area contributed by atoms with Gasteiger partial charge in [0.05, 0.1) is 39.1 Å². The Morgan fingerprint density at radius 3 is 2.29 bits per heavy atom. The van der Waals surface area contributed by atoms with Crippen molar-refractivity contribution in [3.8, 4) is 5.75 Å². The molecule has 0 aromatic heterocycles. The molecule has 2 aromatic rings. The lowest BCUT2D eigenvalue weighted by molar-refractivity contribution is -0.0353. The van der Waals surface area contributed by atoms with E-state index in [2.05, 4.69) is 19.1 Å². The number of rotatable bonds is 15. The summed E-state index contributed by atoms with van der Waals surface area (Å²) >= 11 is 0. The largest absolute Gasteiger partial charge is 0.497 e. The van der Waals surface area contributed by atoms with Gasteiger partial charge in [-0.1, -0.05) is 61.5 Å². The predicted octanol–water partition coefficient (Wildman–Crippen LogP) is 4.78. The van der Waals surface area contributed by atoms with Crippen LogP contribution in [0, 0.1) is 5.92 Å². The van der Waals surface area contributed by atoms with Crippen LogP contribution >= 0.6 is 0 Å². The summed E-state index contributed by atoms with van der Waals surface area (Å²) in [6.45, 7) is 3.84. The summed E-state index contributed by atoms with van der Waals surface area (Å²) in [5, 5.41) is 9.06. The average molecular weight is 429 g/mol. The molecule has 0 saturated heterocycles. The van der Waals surface area contributed by atoms with Gasteiger partial charge in [0.2, 0.25) is 0 Å². The predicted molar refractivity (Wildman–Crippen MR) is 123 cm³/mol. The van der Waals surface area contributed by atoms with Gasteiger partial charge in [0, 0.05) is 26.1 Å². The summed E-state index contributed by atoms with van der Waals surface area (Å²) < 4.78 is 23.1. The van der Waals surface area contributed by atoms with Crippen LogP contribution in [0.4, 0.5) is 0 Å². The third-order valence-electron chi connectivity index (χ3n) is 5.27. The van der Waals surface area contributed by atoms with Crippen LogP contribution in [0.3, 0.4) is 0 Å². The third-order valence-corrected chi connectivity index (χ3v) is 5.27. The van der Waals surface area contributed by atoms with Crippen LogP contribution in [0.25, 0.3) is 0 Å². The maximum absolute atomic E-state index is 9.06. The number of aliphatic hydroxyl groups excluding tert-OH is 1. The molecule has 0 unspecified atom stereocenters. The molecular weight excluding hydrogens is 392 g/mol. The van der Waals surface area contributed by atoms with Crippen molar-refractivity contribution in [2.45, 2.75) is 45.2 Å². The zero-order valence-corrected chi connectivity index (χ0v) is 18.9. The van der Waals surface area contributed by atoms with Gasteiger partial charge in [-0.2, -0.15) is 0 Å². The molecule has 0 fully saturated rings. The van der Waals surface area contributed by atoms with Crippen LogP contribution in [0.5, 0.6) is 5.75 Å². The molecule has 5 nitrogen and oxygen atoms in total. The van der Waals surface area contributed by atoms with Crippen LogP contribution < -0.4 is 4.74 Å². The fraction of sp³-hybridized carbons (Fsp3) is 0.462. The Kier molecular flexibility index (Phi) is 11.9. The van der Waals surface area contributed by atoms with Crippen LogP contribution in [-0.2, 0) is 27.4 Å². The van der Waals surface area contributed by atoms with Crippen molar-refractivity contribution < 1.29 is 24.1 Å². The number of aliphatic hydroxyl groups is 1. The minimum Gasteiger partial charge on any atom is -0.497 e. The Hall–Kier alpha value is -2.18. The lowest BCUT2D eigenvalue weighted by Crippen LogP contribution is -2.28. The Bertz CT molecular complexity index is 729. The smallest absolute Gasteiger partial charge is 0.118 e. The van der Waals surface area contributed by atoms with Crippen molar-refractivity contribution in [2.75, 3.05) is 27.4 Å². The molecule has 0 aliphatic heterocycles. The molecule has 0 heterocycles. The fourth-order valence-electron chi connectivity index (χ4n) is 3.37. The minimum atomic E-state index is -0.00667. The molecule has 0 aliphatic rings. The summed E-state index contributed by atoms with van der Waals surface area (Å²) in [5.74, 6) is 1.01. The summed E-state index contributed by atoms with van der Waals surface area (Å²) in [4.78, 5) is 0. The van der Waals surface area contributed by atoms with E-state index in [-0.39, 0.29) is 24.7 Å². The molecule has 0 aliphatic carbocycles. The van der Waals surface area contributed by atoms with Crippen LogP contribution in [0.1, 0.15) is 30.9 Å². The fourth-order valence-corrected chi connectivity index (χ4v) is 3.37. The Morgan fingerprint density at radius 2 is 1.65 bits per heavy atom. The standard InChI is InChI=1S/C26H36O5/c1-21(8-7-16-27)26(29-3)18-25(15-17-30-19-22-9-5-4-6-10-22)31-20-23-11-13-24(28-2)14-12-23/h4-14,21,25-27H,15-20H2,1-3H3/b8-7+/t21-,25-,26-/m0/s1. The summed E-state index contributed by atoms with van der Waals surface area (Å²) in [5.41, 5.74) is 2.26. The Balaban J connectivity index is 1.92. The Labute approximate surface area is 186 Å². The molecule has 0 spiro atoms. The molecule has 0 bridgehead atoms. The van der Waals surface area contributed by atoms with E-state index in [1.54, 1.807) is 20.3 Å². The summed E-state index contributed by atoms with van der Waals surface area (Å²) in [6.07, 6.45) is 5.26. The van der Waals surface area contributed by atoms with E-state index in [1.807, 2.05) is 48.5 Å². The molecule has 170 valence electrons. The number of benzene rings is 2. The van der Waals surface area contributed by atoms with Gasteiger partial charge in [-0.05, 0) is 29.7 Å². The van der Waals surface area contributed by atoms with Gasteiger partial charge in [0.15, 0.2) is 0 Å². The molecule has 0 radical (unpaired) electrons. The highest BCUT2D eigenvalue weighted by atomic mass is 16.5. The van der Waals surface area contributed by atoms with Crippen LogP contribution in [0.15, 0.2) is 66.7 Å². The highest BCUT2D eigenvalue weighted by Gasteiger charge is 2.21. The second-order valence-electron chi connectivity index (χ2n) is 7.59. The molecule has 3 atom stereocenters. The van der Waals surface area contributed by atoms with E-state index in [0.29, 0.717) is 19.8 Å². The van der Waals surface area contributed by atoms with Crippen molar-refractivity contribution in [3.63, 3.8) is 0 Å². The molecule has 5 heteroatoms. The van der Waals surface area contributed by atoms with Crippen molar-refractivity contribution in [1.29, 1.82) is 0 Å². The third kappa shape index (κ3) is 9.66. The topological polar surface area (TPSA) is 57.2 Å². The average Bonchev–Trinajstić information content (AvgIpc) is 2.82. The van der Waals surface area contributed by atoms with E-state index in [9.17, 15) is 0 Å². The second-order valence-corrected chi connectivity index (χ2v) is 7.59. The van der Waals surface area contributed by atoms with E-state index in [0.717, 1.165) is 29.7 Å². The molecule has 0 saturated carbocycles. The molecule has 31 heavy (non-hydrogen) atoms. The van der Waals surface area contributed by atoms with E-state index >= 15 is 0 Å². The van der Waals surface area contributed by atoms with Crippen LogP contribution in [0.2, 0.25) is 0 Å². The molecule has 2 aromatic carbocycles.